The Bertz CT molecular complexity index is 625. The number of carbonyl (C=O) groups is 1. The molecule has 2 N–H and O–H groups in total. The lowest BCUT2D eigenvalue weighted by Crippen LogP contribution is -2.29. The molecule has 2 amide bonds. The summed E-state index contributed by atoms with van der Waals surface area (Å²) in [4.78, 5) is 16.4. The molecule has 0 radical (unpaired) electrons. The van der Waals surface area contributed by atoms with Crippen LogP contribution in [0.15, 0.2) is 18.2 Å². The van der Waals surface area contributed by atoms with E-state index in [-0.39, 0.29) is 6.03 Å². The molecule has 0 atom stereocenters. The van der Waals surface area contributed by atoms with E-state index >= 15 is 0 Å². The van der Waals surface area contributed by atoms with E-state index in [1.165, 1.54) is 0 Å². The Morgan fingerprint density at radius 2 is 2.18 bits per heavy atom. The van der Waals surface area contributed by atoms with Gasteiger partial charge in [-0.1, -0.05) is 13.8 Å². The first-order valence-corrected chi connectivity index (χ1v) is 8.36. The zero-order valence-electron chi connectivity index (χ0n) is 13.3. The lowest BCUT2D eigenvalue weighted by molar-refractivity contribution is 0.192. The van der Waals surface area contributed by atoms with Crippen molar-refractivity contribution in [2.75, 3.05) is 25.6 Å². The fourth-order valence-electron chi connectivity index (χ4n) is 2.02. The van der Waals surface area contributed by atoms with Crippen molar-refractivity contribution in [1.82, 2.24) is 10.3 Å². The molecule has 22 heavy (non-hydrogen) atoms. The second kappa shape index (κ2) is 8.10. The van der Waals surface area contributed by atoms with Crippen LogP contribution in [0.4, 0.5) is 10.5 Å². The number of thiazole rings is 1. The Morgan fingerprint density at radius 3 is 2.91 bits per heavy atom. The van der Waals surface area contributed by atoms with Crippen molar-refractivity contribution in [3.63, 3.8) is 0 Å². The highest BCUT2D eigenvalue weighted by Gasteiger charge is 2.08. The number of amides is 2. The molecule has 0 fully saturated rings. The van der Waals surface area contributed by atoms with Gasteiger partial charge in [0.15, 0.2) is 0 Å². The standard InChI is InChI=1S/C16H23N3O2S/c1-11(2)15-19-13-7-6-12(10-14(13)22-15)18-16(20)17-8-4-5-9-21-3/h6-7,10-11H,4-5,8-9H2,1-3H3,(H2,17,18,20). The molecule has 1 heterocycles. The van der Waals surface area contributed by atoms with Crippen LogP contribution in [-0.2, 0) is 4.74 Å². The number of nitrogens with zero attached hydrogens (tertiary/aromatic N) is 1. The van der Waals surface area contributed by atoms with Crippen LogP contribution in [0.25, 0.3) is 10.2 Å². The number of unbranched alkanes of at least 4 members (excludes halogenated alkanes) is 1. The van der Waals surface area contributed by atoms with Crippen LogP contribution in [-0.4, -0.2) is 31.3 Å². The van der Waals surface area contributed by atoms with Crippen molar-refractivity contribution >= 4 is 33.3 Å². The van der Waals surface area contributed by atoms with Crippen LogP contribution in [0.2, 0.25) is 0 Å². The van der Waals surface area contributed by atoms with E-state index < -0.39 is 0 Å². The van der Waals surface area contributed by atoms with Gasteiger partial charge in [0.2, 0.25) is 0 Å². The topological polar surface area (TPSA) is 63.2 Å². The molecule has 1 aromatic heterocycles. The monoisotopic (exact) mass is 321 g/mol. The summed E-state index contributed by atoms with van der Waals surface area (Å²) in [5.74, 6) is 0.421. The summed E-state index contributed by atoms with van der Waals surface area (Å²) in [5.41, 5.74) is 1.78. The fraction of sp³-hybridized carbons (Fsp3) is 0.500. The normalized spacial score (nSPS) is 11.1. The van der Waals surface area contributed by atoms with Crippen LogP contribution in [0, 0.1) is 0 Å². The summed E-state index contributed by atoms with van der Waals surface area (Å²) in [7, 11) is 1.68. The fourth-order valence-corrected chi connectivity index (χ4v) is 3.02. The van der Waals surface area contributed by atoms with E-state index in [0.717, 1.165) is 40.4 Å². The molecule has 2 aromatic rings. The van der Waals surface area contributed by atoms with Crippen LogP contribution >= 0.6 is 11.3 Å². The van der Waals surface area contributed by atoms with Crippen LogP contribution in [0.1, 0.15) is 37.6 Å². The minimum atomic E-state index is -0.176. The Balaban J connectivity index is 1.89. The number of hydrogen-bond donors (Lipinski definition) is 2. The third-order valence-corrected chi connectivity index (χ3v) is 4.54. The van der Waals surface area contributed by atoms with Gasteiger partial charge in [0, 0.05) is 31.9 Å². The average Bonchev–Trinajstić information content (AvgIpc) is 2.90. The third-order valence-electron chi connectivity index (χ3n) is 3.22. The molecular formula is C16H23N3O2S. The highest BCUT2D eigenvalue weighted by atomic mass is 32.1. The molecule has 0 aliphatic heterocycles. The van der Waals surface area contributed by atoms with Crippen molar-refractivity contribution in [3.05, 3.63) is 23.2 Å². The average molecular weight is 321 g/mol. The van der Waals surface area contributed by atoms with Gasteiger partial charge in [0.1, 0.15) is 0 Å². The maximum Gasteiger partial charge on any atom is 0.319 e. The number of rotatable bonds is 7. The number of fused-ring (bicyclic) bond motifs is 1. The zero-order valence-corrected chi connectivity index (χ0v) is 14.1. The second-order valence-corrected chi connectivity index (χ2v) is 6.53. The Hall–Kier alpha value is -1.66. The maximum atomic E-state index is 11.8. The number of aromatic nitrogens is 1. The summed E-state index contributed by atoms with van der Waals surface area (Å²) < 4.78 is 6.07. The Kier molecular flexibility index (Phi) is 6.15. The summed E-state index contributed by atoms with van der Waals surface area (Å²) in [5, 5.41) is 6.82. The number of benzene rings is 1. The van der Waals surface area contributed by atoms with Crippen LogP contribution < -0.4 is 10.6 Å². The van der Waals surface area contributed by atoms with Crippen molar-refractivity contribution in [1.29, 1.82) is 0 Å². The number of ether oxygens (including phenoxy) is 1. The van der Waals surface area contributed by atoms with Gasteiger partial charge in [-0.25, -0.2) is 9.78 Å². The van der Waals surface area contributed by atoms with Crippen LogP contribution in [0.5, 0.6) is 0 Å². The van der Waals surface area contributed by atoms with Gasteiger partial charge in [0.05, 0.1) is 15.2 Å². The van der Waals surface area contributed by atoms with Crippen molar-refractivity contribution < 1.29 is 9.53 Å². The van der Waals surface area contributed by atoms with E-state index in [4.69, 9.17) is 4.74 Å². The summed E-state index contributed by atoms with van der Waals surface area (Å²) in [6, 6.07) is 5.64. The van der Waals surface area contributed by atoms with E-state index in [2.05, 4.69) is 29.5 Å². The molecule has 0 saturated heterocycles. The van der Waals surface area contributed by atoms with Gasteiger partial charge in [-0.3, -0.25) is 0 Å². The lowest BCUT2D eigenvalue weighted by Gasteiger charge is -2.07. The molecule has 120 valence electrons. The first-order valence-electron chi connectivity index (χ1n) is 7.54. The first kappa shape index (κ1) is 16.7. The van der Waals surface area contributed by atoms with Crippen molar-refractivity contribution in [2.45, 2.75) is 32.6 Å². The van der Waals surface area contributed by atoms with Gasteiger partial charge in [0.25, 0.3) is 0 Å². The minimum absolute atomic E-state index is 0.176. The number of carbonyl (C=O) groups excluding carboxylic acids is 1. The van der Waals surface area contributed by atoms with Gasteiger partial charge in [-0.15, -0.1) is 11.3 Å². The Morgan fingerprint density at radius 1 is 1.36 bits per heavy atom. The SMILES string of the molecule is COCCCCNC(=O)Nc1ccc2nc(C(C)C)sc2c1. The third kappa shape index (κ3) is 4.68. The quantitative estimate of drug-likeness (QED) is 0.759. The molecule has 0 aliphatic carbocycles. The first-order chi connectivity index (χ1) is 10.6. The van der Waals surface area contributed by atoms with E-state index in [9.17, 15) is 4.79 Å². The lowest BCUT2D eigenvalue weighted by atomic mass is 10.2. The number of urea groups is 1. The van der Waals surface area contributed by atoms with E-state index in [1.54, 1.807) is 18.4 Å². The predicted molar refractivity (Wildman–Crippen MR) is 91.8 cm³/mol. The molecular weight excluding hydrogens is 298 g/mol. The molecule has 0 bridgehead atoms. The second-order valence-electron chi connectivity index (χ2n) is 5.47. The summed E-state index contributed by atoms with van der Waals surface area (Å²) >= 11 is 1.68. The molecule has 0 unspecified atom stereocenters. The van der Waals surface area contributed by atoms with E-state index in [0.29, 0.717) is 12.5 Å². The van der Waals surface area contributed by atoms with Gasteiger partial charge < -0.3 is 15.4 Å². The van der Waals surface area contributed by atoms with Crippen molar-refractivity contribution in [3.8, 4) is 0 Å². The summed E-state index contributed by atoms with van der Waals surface area (Å²) in [6.07, 6.45) is 1.86. The minimum Gasteiger partial charge on any atom is -0.385 e. The van der Waals surface area contributed by atoms with Gasteiger partial charge in [-0.05, 0) is 31.0 Å². The Labute approximate surface area is 135 Å². The van der Waals surface area contributed by atoms with Crippen LogP contribution in [0.3, 0.4) is 0 Å². The number of methoxy groups -OCH3 is 1. The number of nitrogens with one attached hydrogen (secondary N) is 2. The maximum absolute atomic E-state index is 11.8. The molecule has 2 rings (SSSR count). The highest BCUT2D eigenvalue weighted by Crippen LogP contribution is 2.29. The summed E-state index contributed by atoms with van der Waals surface area (Å²) in [6.45, 7) is 5.64. The van der Waals surface area contributed by atoms with Crippen molar-refractivity contribution in [2.24, 2.45) is 0 Å². The van der Waals surface area contributed by atoms with Gasteiger partial charge in [-0.2, -0.15) is 0 Å². The zero-order chi connectivity index (χ0) is 15.9. The molecule has 0 saturated carbocycles. The number of hydrogen-bond acceptors (Lipinski definition) is 4. The highest BCUT2D eigenvalue weighted by molar-refractivity contribution is 7.18. The molecule has 6 heteroatoms. The van der Waals surface area contributed by atoms with E-state index in [1.807, 2.05) is 18.2 Å². The van der Waals surface area contributed by atoms with Gasteiger partial charge >= 0.3 is 6.03 Å². The predicted octanol–water partition coefficient (Wildman–Crippen LogP) is 3.97. The molecule has 0 aliphatic rings. The molecule has 0 spiro atoms. The largest absolute Gasteiger partial charge is 0.385 e. The number of anilines is 1. The molecule has 5 nitrogen and oxygen atoms in total. The smallest absolute Gasteiger partial charge is 0.319 e. The molecule has 1 aromatic carbocycles.